The van der Waals surface area contributed by atoms with Crippen LogP contribution >= 0.6 is 23.1 Å². The molecule has 0 saturated carbocycles. The van der Waals surface area contributed by atoms with Gasteiger partial charge in [-0.15, -0.1) is 11.3 Å². The van der Waals surface area contributed by atoms with Crippen LogP contribution in [-0.4, -0.2) is 31.3 Å². The number of thiophene rings is 1. The maximum absolute atomic E-state index is 12.6. The molecule has 4 aromatic rings. The zero-order chi connectivity index (χ0) is 20.5. The average Bonchev–Trinajstić information content (AvgIpc) is 3.33. The Hall–Kier alpha value is -2.65. The molecule has 1 aliphatic rings. The number of fused-ring (bicyclic) bond motifs is 4. The summed E-state index contributed by atoms with van der Waals surface area (Å²) in [4.78, 5) is 38.9. The summed E-state index contributed by atoms with van der Waals surface area (Å²) in [7, 11) is 0. The highest BCUT2D eigenvalue weighted by Crippen LogP contribution is 2.33. The van der Waals surface area contributed by atoms with Crippen LogP contribution in [0, 0.1) is 0 Å². The smallest absolute Gasteiger partial charge is 0.259 e. The fourth-order valence-electron chi connectivity index (χ4n) is 3.85. The minimum absolute atomic E-state index is 0.0280. The van der Waals surface area contributed by atoms with Crippen molar-refractivity contribution < 1.29 is 4.79 Å². The summed E-state index contributed by atoms with van der Waals surface area (Å²) in [6.07, 6.45) is 6.36. The van der Waals surface area contributed by atoms with Crippen molar-refractivity contribution in [1.29, 1.82) is 0 Å². The van der Waals surface area contributed by atoms with Crippen LogP contribution in [0.3, 0.4) is 0 Å². The molecule has 9 heteroatoms. The number of amides is 1. The van der Waals surface area contributed by atoms with Gasteiger partial charge in [0.2, 0.25) is 5.91 Å². The van der Waals surface area contributed by atoms with E-state index in [0.717, 1.165) is 40.5 Å². The molecular formula is C21H21N5O2S2. The lowest BCUT2D eigenvalue weighted by molar-refractivity contribution is -0.116. The Balaban J connectivity index is 1.18. The van der Waals surface area contributed by atoms with E-state index in [0.29, 0.717) is 23.8 Å². The van der Waals surface area contributed by atoms with E-state index >= 15 is 0 Å². The number of aromatic nitrogens is 4. The molecule has 7 nitrogen and oxygen atoms in total. The molecule has 154 valence electrons. The maximum atomic E-state index is 12.6. The number of para-hydroxylation sites is 2. The Morgan fingerprint density at radius 3 is 3.07 bits per heavy atom. The van der Waals surface area contributed by atoms with E-state index in [-0.39, 0.29) is 11.5 Å². The van der Waals surface area contributed by atoms with Crippen molar-refractivity contribution in [2.24, 2.45) is 0 Å². The predicted molar refractivity (Wildman–Crippen MR) is 122 cm³/mol. The largest absolute Gasteiger partial charge is 0.309 e. The van der Waals surface area contributed by atoms with Crippen molar-refractivity contribution in [3.63, 3.8) is 0 Å². The number of hydrogen-bond donors (Lipinski definition) is 2. The first kappa shape index (κ1) is 19.3. The highest BCUT2D eigenvalue weighted by molar-refractivity contribution is 7.98. The number of carbonyl (C=O) groups excluding carboxylic acids is 1. The quantitative estimate of drug-likeness (QED) is 0.448. The third-order valence-corrected chi connectivity index (χ3v) is 7.44. The Labute approximate surface area is 180 Å². The molecule has 3 aromatic heterocycles. The number of H-pyrrole nitrogens is 1. The van der Waals surface area contributed by atoms with Gasteiger partial charge in [-0.2, -0.15) is 11.8 Å². The van der Waals surface area contributed by atoms with Gasteiger partial charge in [0.15, 0.2) is 0 Å². The molecule has 0 spiro atoms. The van der Waals surface area contributed by atoms with E-state index in [1.165, 1.54) is 16.9 Å². The molecule has 0 aliphatic heterocycles. The topological polar surface area (TPSA) is 92.7 Å². The Kier molecular flexibility index (Phi) is 5.30. The summed E-state index contributed by atoms with van der Waals surface area (Å²) in [6, 6.07) is 7.65. The molecule has 0 bridgehead atoms. The molecule has 30 heavy (non-hydrogen) atoms. The molecule has 1 aliphatic carbocycles. The summed E-state index contributed by atoms with van der Waals surface area (Å²) in [5.41, 5.74) is 5.74. The average molecular weight is 440 g/mol. The van der Waals surface area contributed by atoms with E-state index in [1.54, 1.807) is 34.1 Å². The van der Waals surface area contributed by atoms with E-state index in [4.69, 9.17) is 0 Å². The zero-order valence-corrected chi connectivity index (χ0v) is 17.9. The number of nitrogens with one attached hydrogen (secondary N) is 2. The van der Waals surface area contributed by atoms with Crippen LogP contribution in [-0.2, 0) is 23.4 Å². The van der Waals surface area contributed by atoms with Crippen molar-refractivity contribution in [3.8, 4) is 0 Å². The molecule has 5 rings (SSSR count). The molecular weight excluding hydrogens is 418 g/mol. The van der Waals surface area contributed by atoms with Crippen LogP contribution in [0.1, 0.15) is 35.5 Å². The molecule has 1 amide bonds. The predicted octanol–water partition coefficient (Wildman–Crippen LogP) is 3.61. The van der Waals surface area contributed by atoms with E-state index < -0.39 is 0 Å². The van der Waals surface area contributed by atoms with Gasteiger partial charge in [0.1, 0.15) is 17.0 Å². The number of aromatic amines is 1. The first-order valence-electron chi connectivity index (χ1n) is 10.0. The molecule has 0 fully saturated rings. The lowest BCUT2D eigenvalue weighted by Crippen LogP contribution is -2.22. The standard InChI is InChI=1S/C21H21N5O2S2/c27-18(25-26-12-22-14-6-2-3-7-15(14)26)9-10-29-11-17-23-20(28)19-13-5-1-4-8-16(13)30-21(19)24-17/h2-3,6-7,12H,1,4-5,8-11H2,(H,25,27)(H,23,24,28). The Bertz CT molecular complexity index is 1290. The van der Waals surface area contributed by atoms with Crippen molar-refractivity contribution in [1.82, 2.24) is 19.6 Å². The second-order valence-corrected chi connectivity index (χ2v) is 9.53. The van der Waals surface area contributed by atoms with Crippen LogP contribution in [0.5, 0.6) is 0 Å². The Morgan fingerprint density at radius 1 is 1.27 bits per heavy atom. The second-order valence-electron chi connectivity index (χ2n) is 7.34. The fourth-order valence-corrected chi connectivity index (χ4v) is 5.93. The van der Waals surface area contributed by atoms with E-state index in [9.17, 15) is 9.59 Å². The van der Waals surface area contributed by atoms with Gasteiger partial charge in [-0.3, -0.25) is 15.0 Å². The van der Waals surface area contributed by atoms with Crippen LogP contribution in [0.15, 0.2) is 35.4 Å². The second kappa shape index (κ2) is 8.23. The number of thioether (sulfide) groups is 1. The van der Waals surface area contributed by atoms with Gasteiger partial charge in [0, 0.05) is 17.1 Å². The monoisotopic (exact) mass is 439 g/mol. The van der Waals surface area contributed by atoms with Crippen LogP contribution in [0.25, 0.3) is 21.3 Å². The van der Waals surface area contributed by atoms with Gasteiger partial charge in [-0.05, 0) is 43.4 Å². The normalized spacial score (nSPS) is 13.6. The van der Waals surface area contributed by atoms with Crippen molar-refractivity contribution in [2.45, 2.75) is 37.9 Å². The molecule has 0 saturated heterocycles. The zero-order valence-electron chi connectivity index (χ0n) is 16.3. The van der Waals surface area contributed by atoms with Crippen LogP contribution in [0.4, 0.5) is 0 Å². The highest BCUT2D eigenvalue weighted by Gasteiger charge is 2.19. The molecule has 0 atom stereocenters. The number of benzene rings is 1. The highest BCUT2D eigenvalue weighted by atomic mass is 32.2. The number of rotatable bonds is 6. The summed E-state index contributed by atoms with van der Waals surface area (Å²) in [5.74, 6) is 1.82. The molecule has 3 heterocycles. The van der Waals surface area contributed by atoms with Gasteiger partial charge < -0.3 is 4.98 Å². The van der Waals surface area contributed by atoms with Gasteiger partial charge in [-0.25, -0.2) is 14.6 Å². The molecule has 2 N–H and O–H groups in total. The number of imidazole rings is 1. The molecule has 0 unspecified atom stereocenters. The number of hydrogen-bond acceptors (Lipinski definition) is 6. The third-order valence-electron chi connectivity index (χ3n) is 5.29. The first-order valence-corrected chi connectivity index (χ1v) is 12.0. The van der Waals surface area contributed by atoms with Gasteiger partial charge >= 0.3 is 0 Å². The summed E-state index contributed by atoms with van der Waals surface area (Å²) in [6.45, 7) is 0. The summed E-state index contributed by atoms with van der Waals surface area (Å²) >= 11 is 3.25. The summed E-state index contributed by atoms with van der Waals surface area (Å²) in [5, 5.41) is 0.787. The third kappa shape index (κ3) is 3.75. The number of nitrogens with zero attached hydrogens (tertiary/aromatic N) is 3. The Morgan fingerprint density at radius 2 is 2.13 bits per heavy atom. The van der Waals surface area contributed by atoms with Crippen LogP contribution in [0.2, 0.25) is 0 Å². The number of aryl methyl sites for hydroxylation is 2. The SMILES string of the molecule is O=C(CCSCc1nc2sc3c(c2c(=O)[nH]1)CCCC3)Nn1cnc2ccccc21. The van der Waals surface area contributed by atoms with Gasteiger partial charge in [0.25, 0.3) is 5.56 Å². The van der Waals surface area contributed by atoms with Gasteiger partial charge in [-0.1, -0.05) is 12.1 Å². The number of carbonyl (C=O) groups is 1. The van der Waals surface area contributed by atoms with Crippen molar-refractivity contribution in [2.75, 3.05) is 11.2 Å². The van der Waals surface area contributed by atoms with Crippen molar-refractivity contribution >= 4 is 50.3 Å². The first-order chi connectivity index (χ1) is 14.7. The minimum atomic E-state index is -0.0755. The van der Waals surface area contributed by atoms with Gasteiger partial charge in [0.05, 0.1) is 22.2 Å². The molecule has 0 radical (unpaired) electrons. The minimum Gasteiger partial charge on any atom is -0.309 e. The van der Waals surface area contributed by atoms with E-state index in [2.05, 4.69) is 20.4 Å². The fraction of sp³-hybridized carbons (Fsp3) is 0.333. The van der Waals surface area contributed by atoms with E-state index in [1.807, 2.05) is 24.3 Å². The van der Waals surface area contributed by atoms with Crippen LogP contribution < -0.4 is 11.0 Å². The lowest BCUT2D eigenvalue weighted by Gasteiger charge is -2.09. The molecule has 1 aromatic carbocycles. The lowest BCUT2D eigenvalue weighted by atomic mass is 9.97. The van der Waals surface area contributed by atoms with Crippen molar-refractivity contribution in [3.05, 3.63) is 57.2 Å². The maximum Gasteiger partial charge on any atom is 0.259 e. The summed E-state index contributed by atoms with van der Waals surface area (Å²) < 4.78 is 1.65.